The molecule has 0 unspecified atom stereocenters. The fourth-order valence-electron chi connectivity index (χ4n) is 2.72. The minimum atomic E-state index is -2.87. The van der Waals surface area contributed by atoms with Crippen molar-refractivity contribution in [3.05, 3.63) is 41.7 Å². The summed E-state index contributed by atoms with van der Waals surface area (Å²) in [5.74, 6) is 0.932. The normalized spacial score (nSPS) is 19.7. The van der Waals surface area contributed by atoms with Gasteiger partial charge in [-0.2, -0.15) is 0 Å². The van der Waals surface area contributed by atoms with E-state index in [0.29, 0.717) is 30.0 Å². The lowest BCUT2D eigenvalue weighted by Gasteiger charge is -2.12. The summed E-state index contributed by atoms with van der Waals surface area (Å²) in [7, 11) is -2.87. The minimum absolute atomic E-state index is 0.115. The predicted octanol–water partition coefficient (Wildman–Crippen LogP) is 2.44. The van der Waals surface area contributed by atoms with Crippen molar-refractivity contribution in [1.29, 1.82) is 0 Å². The van der Waals surface area contributed by atoms with Crippen molar-refractivity contribution in [2.24, 2.45) is 5.92 Å². The summed E-state index contributed by atoms with van der Waals surface area (Å²) in [6, 6.07) is 8.06. The van der Waals surface area contributed by atoms with Crippen LogP contribution in [0, 0.1) is 18.7 Å². The number of aryl methyl sites for hydroxylation is 1. The molecule has 0 aliphatic carbocycles. The summed E-state index contributed by atoms with van der Waals surface area (Å²) in [5.41, 5.74) is 2.17. The van der Waals surface area contributed by atoms with Crippen LogP contribution in [0.5, 0.6) is 0 Å². The molecule has 1 saturated heterocycles. The molecule has 0 amide bonds. The molecule has 2 aromatic rings. The molecule has 122 valence electrons. The largest absolute Gasteiger partial charge is 0.368 e. The van der Waals surface area contributed by atoms with E-state index in [4.69, 9.17) is 0 Å². The van der Waals surface area contributed by atoms with Gasteiger partial charge >= 0.3 is 0 Å². The van der Waals surface area contributed by atoms with Crippen LogP contribution < -0.4 is 5.32 Å². The van der Waals surface area contributed by atoms with Crippen LogP contribution in [0.15, 0.2) is 30.3 Å². The van der Waals surface area contributed by atoms with E-state index < -0.39 is 9.84 Å². The molecule has 0 bridgehead atoms. The Kier molecular flexibility index (Phi) is 4.30. The summed E-state index contributed by atoms with van der Waals surface area (Å²) < 4.78 is 36.2. The summed E-state index contributed by atoms with van der Waals surface area (Å²) in [6.45, 7) is 2.46. The number of nitrogens with one attached hydrogen (secondary N) is 1. The number of rotatable bonds is 4. The van der Waals surface area contributed by atoms with Gasteiger partial charge in [-0.3, -0.25) is 0 Å². The lowest BCUT2D eigenvalue weighted by atomic mass is 10.1. The van der Waals surface area contributed by atoms with Crippen molar-refractivity contribution >= 4 is 15.7 Å². The fraction of sp³-hybridized carbons (Fsp3) is 0.375. The highest BCUT2D eigenvalue weighted by molar-refractivity contribution is 7.91. The first-order valence-corrected chi connectivity index (χ1v) is 9.30. The number of anilines is 1. The van der Waals surface area contributed by atoms with Crippen molar-refractivity contribution in [2.45, 2.75) is 13.3 Å². The van der Waals surface area contributed by atoms with Gasteiger partial charge in [-0.15, -0.1) is 10.2 Å². The van der Waals surface area contributed by atoms with Gasteiger partial charge in [0.05, 0.1) is 17.2 Å². The van der Waals surface area contributed by atoms with Crippen LogP contribution in [0.3, 0.4) is 0 Å². The van der Waals surface area contributed by atoms with E-state index in [-0.39, 0.29) is 23.2 Å². The third-order valence-corrected chi connectivity index (χ3v) is 5.83. The minimum Gasteiger partial charge on any atom is -0.368 e. The highest BCUT2D eigenvalue weighted by Crippen LogP contribution is 2.22. The van der Waals surface area contributed by atoms with Crippen LogP contribution in [0.25, 0.3) is 11.3 Å². The lowest BCUT2D eigenvalue weighted by molar-refractivity contribution is 0.595. The quantitative estimate of drug-likeness (QED) is 0.929. The molecule has 0 saturated carbocycles. The third kappa shape index (κ3) is 3.85. The zero-order chi connectivity index (χ0) is 16.4. The Labute approximate surface area is 134 Å². The molecule has 1 aliphatic rings. The van der Waals surface area contributed by atoms with E-state index in [1.807, 2.05) is 13.0 Å². The number of sulfone groups is 1. The highest BCUT2D eigenvalue weighted by atomic mass is 32.2. The Morgan fingerprint density at radius 2 is 2.13 bits per heavy atom. The number of hydrogen-bond acceptors (Lipinski definition) is 5. The molecule has 23 heavy (non-hydrogen) atoms. The number of benzene rings is 1. The summed E-state index contributed by atoms with van der Waals surface area (Å²) in [5, 5.41) is 11.4. The maximum atomic E-state index is 13.3. The summed E-state index contributed by atoms with van der Waals surface area (Å²) in [4.78, 5) is 0. The van der Waals surface area contributed by atoms with E-state index in [9.17, 15) is 12.8 Å². The number of aromatic nitrogens is 2. The van der Waals surface area contributed by atoms with Gasteiger partial charge in [0.2, 0.25) is 0 Å². The van der Waals surface area contributed by atoms with Crippen molar-refractivity contribution < 1.29 is 12.8 Å². The van der Waals surface area contributed by atoms with Crippen LogP contribution in [-0.4, -0.2) is 36.7 Å². The van der Waals surface area contributed by atoms with Gasteiger partial charge in [0.15, 0.2) is 15.7 Å². The molecule has 1 aromatic carbocycles. The van der Waals surface area contributed by atoms with Gasteiger partial charge in [0, 0.05) is 12.1 Å². The standard InChI is InChI=1S/C16H18FN3O2S/c1-11-7-15(13-3-2-4-14(17)8-13)19-20-16(11)18-9-12-5-6-23(21,22)10-12/h2-4,7-8,12H,5-6,9-10H2,1H3,(H,18,20)/t12-/m1/s1. The molecular weight excluding hydrogens is 317 g/mol. The molecule has 2 heterocycles. The predicted molar refractivity (Wildman–Crippen MR) is 87.4 cm³/mol. The van der Waals surface area contributed by atoms with Gasteiger partial charge in [-0.05, 0) is 43.0 Å². The van der Waals surface area contributed by atoms with Crippen molar-refractivity contribution in [1.82, 2.24) is 10.2 Å². The van der Waals surface area contributed by atoms with E-state index in [1.54, 1.807) is 12.1 Å². The van der Waals surface area contributed by atoms with Gasteiger partial charge in [0.1, 0.15) is 5.82 Å². The molecule has 1 aliphatic heterocycles. The van der Waals surface area contributed by atoms with Crippen molar-refractivity contribution in [3.8, 4) is 11.3 Å². The first-order valence-electron chi connectivity index (χ1n) is 7.47. The molecule has 1 aromatic heterocycles. The Morgan fingerprint density at radius 3 is 2.78 bits per heavy atom. The molecular formula is C16H18FN3O2S. The Bertz CT molecular complexity index is 824. The maximum Gasteiger partial charge on any atom is 0.151 e. The summed E-state index contributed by atoms with van der Waals surface area (Å²) >= 11 is 0. The van der Waals surface area contributed by atoms with Crippen LogP contribution in [0.2, 0.25) is 0 Å². The molecule has 0 radical (unpaired) electrons. The van der Waals surface area contributed by atoms with Crippen LogP contribution in [-0.2, 0) is 9.84 Å². The van der Waals surface area contributed by atoms with Crippen molar-refractivity contribution in [3.63, 3.8) is 0 Å². The maximum absolute atomic E-state index is 13.3. The van der Waals surface area contributed by atoms with E-state index >= 15 is 0 Å². The summed E-state index contributed by atoms with van der Waals surface area (Å²) in [6.07, 6.45) is 0.684. The SMILES string of the molecule is Cc1cc(-c2cccc(F)c2)nnc1NC[C@H]1CCS(=O)(=O)C1. The average molecular weight is 335 g/mol. The Balaban J connectivity index is 1.70. The molecule has 3 rings (SSSR count). The van der Waals surface area contributed by atoms with Crippen LogP contribution >= 0.6 is 0 Å². The van der Waals surface area contributed by atoms with Gasteiger partial charge in [0.25, 0.3) is 0 Å². The Morgan fingerprint density at radius 1 is 1.30 bits per heavy atom. The zero-order valence-electron chi connectivity index (χ0n) is 12.8. The smallest absolute Gasteiger partial charge is 0.151 e. The lowest BCUT2D eigenvalue weighted by Crippen LogP contribution is -2.17. The number of nitrogens with zero attached hydrogens (tertiary/aromatic N) is 2. The van der Waals surface area contributed by atoms with Gasteiger partial charge in [-0.1, -0.05) is 12.1 Å². The Hall–Kier alpha value is -2.02. The number of hydrogen-bond donors (Lipinski definition) is 1. The van der Waals surface area contributed by atoms with E-state index in [0.717, 1.165) is 5.56 Å². The molecule has 1 fully saturated rings. The number of halogens is 1. The molecule has 0 spiro atoms. The van der Waals surface area contributed by atoms with Gasteiger partial charge < -0.3 is 5.32 Å². The second kappa shape index (κ2) is 6.23. The van der Waals surface area contributed by atoms with E-state index in [1.165, 1.54) is 12.1 Å². The van der Waals surface area contributed by atoms with Gasteiger partial charge in [-0.25, -0.2) is 12.8 Å². The zero-order valence-corrected chi connectivity index (χ0v) is 13.6. The highest BCUT2D eigenvalue weighted by Gasteiger charge is 2.27. The fourth-order valence-corrected chi connectivity index (χ4v) is 4.58. The molecule has 1 N–H and O–H groups in total. The first kappa shape index (κ1) is 15.9. The van der Waals surface area contributed by atoms with Crippen LogP contribution in [0.4, 0.5) is 10.2 Å². The van der Waals surface area contributed by atoms with Crippen LogP contribution in [0.1, 0.15) is 12.0 Å². The molecule has 1 atom stereocenters. The monoisotopic (exact) mass is 335 g/mol. The van der Waals surface area contributed by atoms with Crippen molar-refractivity contribution in [2.75, 3.05) is 23.4 Å². The second-order valence-electron chi connectivity index (χ2n) is 5.92. The topological polar surface area (TPSA) is 72.0 Å². The second-order valence-corrected chi connectivity index (χ2v) is 8.15. The molecule has 7 heteroatoms. The average Bonchev–Trinajstić information content (AvgIpc) is 2.85. The first-order chi connectivity index (χ1) is 10.9. The third-order valence-electron chi connectivity index (χ3n) is 3.99. The van der Waals surface area contributed by atoms with E-state index in [2.05, 4.69) is 15.5 Å². The molecule has 5 nitrogen and oxygen atoms in total.